The standard InChI is InChI=1S/C12H17NO2/c1-3-8(2)6-9-7-10(13)4-5-11(9)12(14)15/h4-5,7-8H,3,6,13H2,1-2H3,(H,14,15)/p-1. The van der Waals surface area contributed by atoms with Gasteiger partial charge in [0.1, 0.15) is 0 Å². The number of carbonyl (C=O) groups excluding carboxylic acids is 1. The van der Waals surface area contributed by atoms with E-state index in [1.54, 1.807) is 12.1 Å². The van der Waals surface area contributed by atoms with Crippen LogP contribution < -0.4 is 10.8 Å². The first-order valence-corrected chi connectivity index (χ1v) is 5.14. The number of rotatable bonds is 4. The van der Waals surface area contributed by atoms with Crippen LogP contribution in [-0.2, 0) is 6.42 Å². The van der Waals surface area contributed by atoms with E-state index >= 15 is 0 Å². The Morgan fingerprint density at radius 3 is 2.73 bits per heavy atom. The van der Waals surface area contributed by atoms with E-state index in [-0.39, 0.29) is 5.56 Å². The molecular weight excluding hydrogens is 190 g/mol. The highest BCUT2D eigenvalue weighted by Gasteiger charge is 2.07. The van der Waals surface area contributed by atoms with Crippen molar-refractivity contribution in [3.63, 3.8) is 0 Å². The molecule has 0 saturated carbocycles. The Kier molecular flexibility index (Phi) is 3.72. The monoisotopic (exact) mass is 206 g/mol. The normalized spacial score (nSPS) is 12.4. The molecule has 0 radical (unpaired) electrons. The molecule has 1 atom stereocenters. The van der Waals surface area contributed by atoms with Crippen molar-refractivity contribution in [2.24, 2.45) is 5.92 Å². The Morgan fingerprint density at radius 2 is 2.20 bits per heavy atom. The molecule has 0 heterocycles. The van der Waals surface area contributed by atoms with Crippen LogP contribution in [0.15, 0.2) is 18.2 Å². The number of carboxylic acid groups (broad SMARTS) is 1. The van der Waals surface area contributed by atoms with Gasteiger partial charge in [-0.05, 0) is 30.0 Å². The number of nitrogen functional groups attached to an aromatic ring is 1. The molecule has 3 heteroatoms. The zero-order chi connectivity index (χ0) is 11.4. The lowest BCUT2D eigenvalue weighted by atomic mass is 9.95. The van der Waals surface area contributed by atoms with Gasteiger partial charge in [0.05, 0.1) is 5.97 Å². The van der Waals surface area contributed by atoms with Crippen molar-refractivity contribution >= 4 is 11.7 Å². The lowest BCUT2D eigenvalue weighted by molar-refractivity contribution is -0.255. The molecule has 0 spiro atoms. The number of carboxylic acids is 1. The minimum absolute atomic E-state index is 0.254. The molecule has 0 saturated heterocycles. The fourth-order valence-corrected chi connectivity index (χ4v) is 1.50. The average Bonchev–Trinajstić information content (AvgIpc) is 2.17. The van der Waals surface area contributed by atoms with E-state index < -0.39 is 5.97 Å². The summed E-state index contributed by atoms with van der Waals surface area (Å²) >= 11 is 0. The van der Waals surface area contributed by atoms with Crippen molar-refractivity contribution in [1.82, 2.24) is 0 Å². The van der Waals surface area contributed by atoms with Gasteiger partial charge < -0.3 is 15.6 Å². The van der Waals surface area contributed by atoms with E-state index in [2.05, 4.69) is 13.8 Å². The van der Waals surface area contributed by atoms with E-state index in [0.29, 0.717) is 11.6 Å². The third kappa shape index (κ3) is 2.98. The third-order valence-electron chi connectivity index (χ3n) is 2.61. The van der Waals surface area contributed by atoms with Crippen molar-refractivity contribution in [2.45, 2.75) is 26.7 Å². The van der Waals surface area contributed by atoms with Gasteiger partial charge in [-0.1, -0.05) is 26.3 Å². The van der Waals surface area contributed by atoms with Crippen LogP contribution in [0.25, 0.3) is 0 Å². The second kappa shape index (κ2) is 4.82. The van der Waals surface area contributed by atoms with Crippen LogP contribution >= 0.6 is 0 Å². The molecule has 0 aliphatic carbocycles. The Bertz CT molecular complexity index is 361. The fraction of sp³-hybridized carbons (Fsp3) is 0.417. The lowest BCUT2D eigenvalue weighted by Gasteiger charge is -2.14. The summed E-state index contributed by atoms with van der Waals surface area (Å²) in [5.74, 6) is -0.682. The molecule has 2 N–H and O–H groups in total. The molecule has 1 aromatic rings. The minimum Gasteiger partial charge on any atom is -0.545 e. The van der Waals surface area contributed by atoms with Gasteiger partial charge in [0.2, 0.25) is 0 Å². The van der Waals surface area contributed by atoms with Gasteiger partial charge in [-0.15, -0.1) is 0 Å². The Hall–Kier alpha value is -1.51. The van der Waals surface area contributed by atoms with E-state index in [0.717, 1.165) is 18.4 Å². The van der Waals surface area contributed by atoms with Gasteiger partial charge in [-0.3, -0.25) is 0 Å². The van der Waals surface area contributed by atoms with Crippen molar-refractivity contribution in [3.8, 4) is 0 Å². The lowest BCUT2D eigenvalue weighted by Crippen LogP contribution is -2.24. The quantitative estimate of drug-likeness (QED) is 0.753. The molecule has 0 aromatic heterocycles. The van der Waals surface area contributed by atoms with Crippen molar-refractivity contribution in [2.75, 3.05) is 5.73 Å². The van der Waals surface area contributed by atoms with Crippen LogP contribution in [0.1, 0.15) is 36.2 Å². The summed E-state index contributed by atoms with van der Waals surface area (Å²) in [5, 5.41) is 10.9. The zero-order valence-electron chi connectivity index (χ0n) is 9.12. The SMILES string of the molecule is CCC(C)Cc1cc(N)ccc1C(=O)[O-]. The van der Waals surface area contributed by atoms with Crippen LogP contribution in [0.5, 0.6) is 0 Å². The number of nitrogens with two attached hydrogens (primary N) is 1. The van der Waals surface area contributed by atoms with Gasteiger partial charge >= 0.3 is 0 Å². The van der Waals surface area contributed by atoms with Crippen LogP contribution in [0.4, 0.5) is 5.69 Å². The van der Waals surface area contributed by atoms with E-state index in [4.69, 9.17) is 5.73 Å². The van der Waals surface area contributed by atoms with Crippen LogP contribution in [-0.4, -0.2) is 5.97 Å². The van der Waals surface area contributed by atoms with Crippen LogP contribution in [0.2, 0.25) is 0 Å². The summed E-state index contributed by atoms with van der Waals surface area (Å²) in [6.07, 6.45) is 1.74. The molecule has 0 aliphatic heterocycles. The zero-order valence-corrected chi connectivity index (χ0v) is 9.12. The second-order valence-electron chi connectivity index (χ2n) is 3.92. The predicted molar refractivity (Wildman–Crippen MR) is 58.3 cm³/mol. The predicted octanol–water partition coefficient (Wildman–Crippen LogP) is 1.22. The Morgan fingerprint density at radius 1 is 1.53 bits per heavy atom. The maximum atomic E-state index is 10.9. The first kappa shape index (κ1) is 11.6. The topological polar surface area (TPSA) is 66.2 Å². The highest BCUT2D eigenvalue weighted by molar-refractivity contribution is 5.88. The van der Waals surface area contributed by atoms with Gasteiger partial charge in [-0.25, -0.2) is 0 Å². The van der Waals surface area contributed by atoms with Gasteiger partial charge in [0, 0.05) is 11.3 Å². The highest BCUT2D eigenvalue weighted by Crippen LogP contribution is 2.18. The minimum atomic E-state index is -1.13. The summed E-state index contributed by atoms with van der Waals surface area (Å²) < 4.78 is 0. The molecule has 1 unspecified atom stereocenters. The second-order valence-corrected chi connectivity index (χ2v) is 3.92. The number of hydrogen-bond acceptors (Lipinski definition) is 3. The summed E-state index contributed by atoms with van der Waals surface area (Å²) in [4.78, 5) is 10.9. The van der Waals surface area contributed by atoms with Gasteiger partial charge in [0.25, 0.3) is 0 Å². The van der Waals surface area contributed by atoms with Crippen molar-refractivity contribution in [1.29, 1.82) is 0 Å². The maximum absolute atomic E-state index is 10.9. The number of anilines is 1. The number of carbonyl (C=O) groups is 1. The van der Waals surface area contributed by atoms with Crippen LogP contribution in [0, 0.1) is 5.92 Å². The average molecular weight is 206 g/mol. The molecule has 1 rings (SSSR count). The number of hydrogen-bond donors (Lipinski definition) is 1. The molecule has 0 amide bonds. The van der Waals surface area contributed by atoms with E-state index in [9.17, 15) is 9.90 Å². The first-order chi connectivity index (χ1) is 7.04. The molecule has 0 fully saturated rings. The molecule has 0 bridgehead atoms. The van der Waals surface area contributed by atoms with Gasteiger partial charge in [0.15, 0.2) is 0 Å². The molecule has 15 heavy (non-hydrogen) atoms. The maximum Gasteiger partial charge on any atom is 0.0718 e. The van der Waals surface area contributed by atoms with Crippen LogP contribution in [0.3, 0.4) is 0 Å². The van der Waals surface area contributed by atoms with E-state index in [1.807, 2.05) is 0 Å². The fourth-order valence-electron chi connectivity index (χ4n) is 1.50. The molecule has 1 aromatic carbocycles. The summed E-state index contributed by atoms with van der Waals surface area (Å²) in [6, 6.07) is 4.82. The van der Waals surface area contributed by atoms with Gasteiger partial charge in [-0.2, -0.15) is 0 Å². The first-order valence-electron chi connectivity index (χ1n) is 5.14. The van der Waals surface area contributed by atoms with Crippen molar-refractivity contribution in [3.05, 3.63) is 29.3 Å². The van der Waals surface area contributed by atoms with E-state index in [1.165, 1.54) is 6.07 Å². The molecule has 3 nitrogen and oxygen atoms in total. The molecule has 82 valence electrons. The smallest absolute Gasteiger partial charge is 0.0718 e. The molecule has 0 aliphatic rings. The summed E-state index contributed by atoms with van der Waals surface area (Å²) in [5.41, 5.74) is 7.25. The Labute approximate surface area is 89.9 Å². The summed E-state index contributed by atoms with van der Waals surface area (Å²) in [7, 11) is 0. The highest BCUT2D eigenvalue weighted by atomic mass is 16.4. The largest absolute Gasteiger partial charge is 0.545 e. The number of aromatic carboxylic acids is 1. The summed E-state index contributed by atoms with van der Waals surface area (Å²) in [6.45, 7) is 4.16. The molecular formula is C12H16NO2-. The number of benzene rings is 1. The third-order valence-corrected chi connectivity index (χ3v) is 2.61. The Balaban J connectivity index is 3.02. The van der Waals surface area contributed by atoms with Crippen molar-refractivity contribution < 1.29 is 9.90 Å².